The summed E-state index contributed by atoms with van der Waals surface area (Å²) >= 11 is 1.33. The van der Waals surface area contributed by atoms with Crippen LogP contribution in [0.5, 0.6) is 0 Å². The molecule has 4 nitrogen and oxygen atoms in total. The smallest absolute Gasteiger partial charge is 0.353 e. The van der Waals surface area contributed by atoms with Crippen molar-refractivity contribution in [2.24, 2.45) is 0 Å². The van der Waals surface area contributed by atoms with E-state index in [1.54, 1.807) is 16.0 Å². The van der Waals surface area contributed by atoms with Crippen LogP contribution in [0.3, 0.4) is 0 Å². The number of aromatic carboxylic acids is 1. The Morgan fingerprint density at radius 1 is 1.75 bits per heavy atom. The molecule has 0 aliphatic heterocycles. The van der Waals surface area contributed by atoms with Crippen LogP contribution in [-0.4, -0.2) is 20.5 Å². The first-order chi connectivity index (χ1) is 5.68. The Bertz CT molecular complexity index is 443. The summed E-state index contributed by atoms with van der Waals surface area (Å²) in [6.45, 7) is 1.84. The van der Waals surface area contributed by atoms with Crippen molar-refractivity contribution in [3.63, 3.8) is 0 Å². The molecule has 0 saturated carbocycles. The monoisotopic (exact) mass is 182 g/mol. The van der Waals surface area contributed by atoms with Gasteiger partial charge in [0.15, 0.2) is 4.96 Å². The van der Waals surface area contributed by atoms with Gasteiger partial charge < -0.3 is 5.11 Å². The van der Waals surface area contributed by atoms with Crippen molar-refractivity contribution >= 4 is 22.3 Å². The third kappa shape index (κ3) is 0.902. The Kier molecular flexibility index (Phi) is 1.41. The number of hydrogen-bond donors (Lipinski definition) is 1. The van der Waals surface area contributed by atoms with E-state index in [0.717, 1.165) is 10.7 Å². The van der Waals surface area contributed by atoms with Crippen LogP contribution in [0.1, 0.15) is 16.2 Å². The number of carbonyl (C=O) groups is 1. The maximum absolute atomic E-state index is 10.6. The van der Waals surface area contributed by atoms with Crippen LogP contribution in [0.2, 0.25) is 0 Å². The molecule has 2 rings (SSSR count). The van der Waals surface area contributed by atoms with Crippen molar-refractivity contribution < 1.29 is 9.90 Å². The predicted molar refractivity (Wildman–Crippen MR) is 44.8 cm³/mol. The molecule has 62 valence electrons. The van der Waals surface area contributed by atoms with Crippen LogP contribution in [0.15, 0.2) is 11.6 Å². The van der Waals surface area contributed by atoms with E-state index >= 15 is 0 Å². The number of thiazole rings is 1. The molecule has 2 aromatic heterocycles. The van der Waals surface area contributed by atoms with Crippen LogP contribution in [0.4, 0.5) is 0 Å². The fraction of sp³-hybridized carbons (Fsp3) is 0.143. The van der Waals surface area contributed by atoms with E-state index < -0.39 is 5.97 Å². The quantitative estimate of drug-likeness (QED) is 0.725. The van der Waals surface area contributed by atoms with Gasteiger partial charge in [-0.05, 0) is 6.92 Å². The Labute approximate surface area is 72.1 Å². The number of carboxylic acid groups (broad SMARTS) is 1. The number of imidazole rings is 1. The van der Waals surface area contributed by atoms with E-state index in [4.69, 9.17) is 5.11 Å². The maximum Gasteiger partial charge on any atom is 0.353 e. The first-order valence-corrected chi connectivity index (χ1v) is 4.23. The summed E-state index contributed by atoms with van der Waals surface area (Å²) in [5.74, 6) is -0.918. The molecular weight excluding hydrogens is 176 g/mol. The van der Waals surface area contributed by atoms with Crippen molar-refractivity contribution in [3.05, 3.63) is 23.0 Å². The molecule has 0 aromatic carbocycles. The van der Waals surface area contributed by atoms with E-state index in [2.05, 4.69) is 4.98 Å². The normalized spacial score (nSPS) is 10.8. The summed E-state index contributed by atoms with van der Waals surface area (Å²) in [5.41, 5.74) is 1.11. The lowest BCUT2D eigenvalue weighted by atomic mass is 10.5. The standard InChI is InChI=1S/C7H6N2O2S/c1-4-2-9-5(6(10)11)3-12-7(9)8-4/h2-3H,1H3,(H,10,11). The molecule has 0 saturated heterocycles. The lowest BCUT2D eigenvalue weighted by molar-refractivity contribution is 0.0689. The lowest BCUT2D eigenvalue weighted by Gasteiger charge is -1.87. The van der Waals surface area contributed by atoms with Crippen LogP contribution in [0.25, 0.3) is 4.96 Å². The van der Waals surface area contributed by atoms with Gasteiger partial charge in [-0.1, -0.05) is 0 Å². The molecule has 12 heavy (non-hydrogen) atoms. The molecule has 1 N–H and O–H groups in total. The highest BCUT2D eigenvalue weighted by molar-refractivity contribution is 7.15. The van der Waals surface area contributed by atoms with Gasteiger partial charge in [0, 0.05) is 11.6 Å². The second-order valence-electron chi connectivity index (χ2n) is 2.46. The van der Waals surface area contributed by atoms with Gasteiger partial charge in [0.05, 0.1) is 5.69 Å². The summed E-state index contributed by atoms with van der Waals surface area (Å²) in [6.07, 6.45) is 1.72. The zero-order chi connectivity index (χ0) is 8.72. The number of nitrogens with zero attached hydrogens (tertiary/aromatic N) is 2. The number of fused-ring (bicyclic) bond motifs is 1. The average molecular weight is 182 g/mol. The molecule has 0 fully saturated rings. The predicted octanol–water partition coefficient (Wildman–Crippen LogP) is 1.40. The van der Waals surface area contributed by atoms with Gasteiger partial charge in [-0.2, -0.15) is 0 Å². The third-order valence-electron chi connectivity index (χ3n) is 1.55. The van der Waals surface area contributed by atoms with E-state index in [1.807, 2.05) is 6.92 Å². The number of carboxylic acids is 1. The second kappa shape index (κ2) is 2.31. The Balaban J connectivity index is 2.76. The number of aryl methyl sites for hydroxylation is 1. The van der Waals surface area contributed by atoms with E-state index in [-0.39, 0.29) is 5.69 Å². The van der Waals surface area contributed by atoms with Crippen LogP contribution >= 0.6 is 11.3 Å². The van der Waals surface area contributed by atoms with Crippen LogP contribution in [0, 0.1) is 6.92 Å². The van der Waals surface area contributed by atoms with Gasteiger partial charge in [-0.25, -0.2) is 9.78 Å². The topological polar surface area (TPSA) is 54.6 Å². The second-order valence-corrected chi connectivity index (χ2v) is 3.30. The first-order valence-electron chi connectivity index (χ1n) is 3.35. The molecule has 0 radical (unpaired) electrons. The number of hydrogen-bond acceptors (Lipinski definition) is 3. The Hall–Kier alpha value is -1.36. The molecule has 0 aliphatic rings. The molecule has 0 spiro atoms. The largest absolute Gasteiger partial charge is 0.477 e. The van der Waals surface area contributed by atoms with E-state index in [9.17, 15) is 4.79 Å². The minimum Gasteiger partial charge on any atom is -0.477 e. The fourth-order valence-electron chi connectivity index (χ4n) is 1.05. The summed E-state index contributed by atoms with van der Waals surface area (Å²) in [6, 6.07) is 0. The molecule has 0 amide bonds. The highest BCUT2D eigenvalue weighted by atomic mass is 32.1. The van der Waals surface area contributed by atoms with Gasteiger partial charge in [0.1, 0.15) is 5.69 Å². The fourth-order valence-corrected chi connectivity index (χ4v) is 1.94. The zero-order valence-electron chi connectivity index (χ0n) is 6.31. The first kappa shape index (κ1) is 7.30. The molecule has 2 heterocycles. The van der Waals surface area contributed by atoms with Crippen molar-refractivity contribution in [2.45, 2.75) is 6.92 Å². The van der Waals surface area contributed by atoms with Gasteiger partial charge in [-0.3, -0.25) is 4.40 Å². The van der Waals surface area contributed by atoms with Crippen molar-refractivity contribution in [1.29, 1.82) is 0 Å². The number of aromatic nitrogens is 2. The van der Waals surface area contributed by atoms with E-state index in [1.165, 1.54) is 11.3 Å². The summed E-state index contributed by atoms with van der Waals surface area (Å²) < 4.78 is 1.59. The van der Waals surface area contributed by atoms with E-state index in [0.29, 0.717) is 0 Å². The number of rotatable bonds is 1. The maximum atomic E-state index is 10.6. The Morgan fingerprint density at radius 2 is 2.50 bits per heavy atom. The molecule has 0 atom stereocenters. The summed E-state index contributed by atoms with van der Waals surface area (Å²) in [7, 11) is 0. The van der Waals surface area contributed by atoms with Gasteiger partial charge in [0.2, 0.25) is 0 Å². The minimum absolute atomic E-state index is 0.274. The summed E-state index contributed by atoms with van der Waals surface area (Å²) in [5, 5.41) is 10.3. The highest BCUT2D eigenvalue weighted by Gasteiger charge is 2.11. The van der Waals surface area contributed by atoms with Gasteiger partial charge in [-0.15, -0.1) is 11.3 Å². The molecular formula is C7H6N2O2S. The third-order valence-corrected chi connectivity index (χ3v) is 2.39. The Morgan fingerprint density at radius 3 is 3.17 bits per heavy atom. The minimum atomic E-state index is -0.918. The molecule has 2 aromatic rings. The SMILES string of the molecule is Cc1cn2c(C(=O)O)csc2n1. The molecule has 0 aliphatic carbocycles. The van der Waals surface area contributed by atoms with Gasteiger partial charge in [0.25, 0.3) is 0 Å². The van der Waals surface area contributed by atoms with Crippen molar-refractivity contribution in [2.75, 3.05) is 0 Å². The molecule has 0 bridgehead atoms. The highest BCUT2D eigenvalue weighted by Crippen LogP contribution is 2.15. The van der Waals surface area contributed by atoms with Crippen LogP contribution < -0.4 is 0 Å². The van der Waals surface area contributed by atoms with Crippen molar-refractivity contribution in [3.8, 4) is 0 Å². The summed E-state index contributed by atoms with van der Waals surface area (Å²) in [4.78, 5) is 15.5. The van der Waals surface area contributed by atoms with Crippen molar-refractivity contribution in [1.82, 2.24) is 9.38 Å². The molecule has 0 unspecified atom stereocenters. The van der Waals surface area contributed by atoms with Crippen LogP contribution in [-0.2, 0) is 0 Å². The lowest BCUT2D eigenvalue weighted by Crippen LogP contribution is -1.99. The van der Waals surface area contributed by atoms with Gasteiger partial charge >= 0.3 is 5.97 Å². The zero-order valence-corrected chi connectivity index (χ0v) is 7.13. The molecule has 5 heteroatoms. The average Bonchev–Trinajstić information content (AvgIpc) is 2.43.